The summed E-state index contributed by atoms with van der Waals surface area (Å²) in [4.78, 5) is 9.02. The van der Waals surface area contributed by atoms with Gasteiger partial charge in [-0.1, -0.05) is 30.3 Å². The number of guanidine groups is 1. The summed E-state index contributed by atoms with van der Waals surface area (Å²) in [5, 5.41) is 13.8. The third kappa shape index (κ3) is 6.66. The Morgan fingerprint density at radius 1 is 1.21 bits per heavy atom. The fraction of sp³-hybridized carbons (Fsp3) is 0.350. The fourth-order valence-electron chi connectivity index (χ4n) is 2.69. The molecule has 0 aliphatic carbocycles. The fourth-order valence-corrected chi connectivity index (χ4v) is 2.69. The molecule has 0 bridgehead atoms. The molecule has 1 aromatic carbocycles. The predicted molar refractivity (Wildman–Crippen MR) is 122 cm³/mol. The van der Waals surface area contributed by atoms with Gasteiger partial charge in [0.25, 0.3) is 0 Å². The van der Waals surface area contributed by atoms with Crippen molar-refractivity contribution in [2.24, 2.45) is 4.99 Å². The van der Waals surface area contributed by atoms with Gasteiger partial charge in [0.1, 0.15) is 12.4 Å². The van der Waals surface area contributed by atoms with E-state index in [0.717, 1.165) is 25.3 Å². The van der Waals surface area contributed by atoms with E-state index in [-0.39, 0.29) is 24.0 Å². The van der Waals surface area contributed by atoms with Gasteiger partial charge in [-0.15, -0.1) is 29.1 Å². The molecular formula is C20H27IN6O. The lowest BCUT2D eigenvalue weighted by atomic mass is 10.1. The molecule has 8 heteroatoms. The van der Waals surface area contributed by atoms with Crippen LogP contribution in [0.5, 0.6) is 0 Å². The van der Waals surface area contributed by atoms with Crippen LogP contribution in [0.15, 0.2) is 58.1 Å². The molecule has 1 unspecified atom stereocenters. The molecule has 0 aliphatic rings. The average Bonchev–Trinajstić information content (AvgIpc) is 3.37. The van der Waals surface area contributed by atoms with E-state index in [1.165, 1.54) is 5.56 Å². The summed E-state index contributed by atoms with van der Waals surface area (Å²) in [5.41, 5.74) is 1.35. The molecule has 0 radical (unpaired) electrons. The third-order valence-electron chi connectivity index (χ3n) is 4.10. The van der Waals surface area contributed by atoms with Crippen molar-refractivity contribution in [1.29, 1.82) is 0 Å². The smallest absolute Gasteiger partial charge is 0.216 e. The lowest BCUT2D eigenvalue weighted by Crippen LogP contribution is -2.42. The zero-order chi connectivity index (χ0) is 18.9. The summed E-state index contributed by atoms with van der Waals surface area (Å²) in [7, 11) is 0. The van der Waals surface area contributed by atoms with E-state index in [4.69, 9.17) is 4.42 Å². The van der Waals surface area contributed by atoms with Crippen LogP contribution >= 0.6 is 24.0 Å². The lowest BCUT2D eigenvalue weighted by Gasteiger charge is -2.17. The van der Waals surface area contributed by atoms with Gasteiger partial charge in [-0.2, -0.15) is 0 Å². The summed E-state index contributed by atoms with van der Waals surface area (Å²) < 4.78 is 5.31. The highest BCUT2D eigenvalue weighted by Crippen LogP contribution is 2.14. The maximum atomic E-state index is 5.31. The molecule has 150 valence electrons. The van der Waals surface area contributed by atoms with Crippen molar-refractivity contribution in [2.75, 3.05) is 6.54 Å². The number of benzene rings is 1. The molecule has 1 atom stereocenters. The van der Waals surface area contributed by atoms with Gasteiger partial charge in [0.2, 0.25) is 5.82 Å². The topological polar surface area (TPSA) is 91.1 Å². The first kappa shape index (κ1) is 21.9. The molecule has 0 fully saturated rings. The Kier molecular flexibility index (Phi) is 8.99. The van der Waals surface area contributed by atoms with Crippen molar-refractivity contribution in [3.8, 4) is 11.6 Å². The van der Waals surface area contributed by atoms with E-state index in [2.05, 4.69) is 68.9 Å². The molecule has 2 heterocycles. The number of hydrogen-bond donors (Lipinski definition) is 3. The van der Waals surface area contributed by atoms with Crippen molar-refractivity contribution in [1.82, 2.24) is 25.8 Å². The summed E-state index contributed by atoms with van der Waals surface area (Å²) >= 11 is 0. The Bertz CT molecular complexity index is 832. The Morgan fingerprint density at radius 3 is 2.75 bits per heavy atom. The van der Waals surface area contributed by atoms with Gasteiger partial charge < -0.3 is 15.1 Å². The first-order valence-electron chi connectivity index (χ1n) is 9.28. The monoisotopic (exact) mass is 494 g/mol. The first-order valence-corrected chi connectivity index (χ1v) is 9.28. The highest BCUT2D eigenvalue weighted by atomic mass is 127. The van der Waals surface area contributed by atoms with Crippen LogP contribution in [0, 0.1) is 0 Å². The Labute approximate surface area is 182 Å². The first-order chi connectivity index (χ1) is 13.2. The number of aromatic amines is 1. The van der Waals surface area contributed by atoms with E-state index in [1.807, 2.05) is 18.2 Å². The average molecular weight is 494 g/mol. The molecule has 0 amide bonds. The van der Waals surface area contributed by atoms with Gasteiger partial charge in [-0.05, 0) is 44.4 Å². The van der Waals surface area contributed by atoms with Crippen LogP contribution < -0.4 is 10.6 Å². The second-order valence-corrected chi connectivity index (χ2v) is 6.35. The van der Waals surface area contributed by atoms with E-state index in [1.54, 1.807) is 6.26 Å². The van der Waals surface area contributed by atoms with Crippen LogP contribution in [0.3, 0.4) is 0 Å². The quantitative estimate of drug-likeness (QED) is 0.252. The highest BCUT2D eigenvalue weighted by Gasteiger charge is 2.09. The number of aromatic nitrogens is 3. The van der Waals surface area contributed by atoms with Gasteiger partial charge in [0.15, 0.2) is 11.7 Å². The molecule has 0 spiro atoms. The van der Waals surface area contributed by atoms with Crippen molar-refractivity contribution < 1.29 is 4.42 Å². The standard InChI is InChI=1S/C20H26N6O.HI/c1-3-21-20(23-15(2)11-12-16-8-5-4-6-9-16)22-14-18-24-19(26-25-18)17-10-7-13-27-17;/h4-10,13,15H,3,11-12,14H2,1-2H3,(H2,21,22,23)(H,24,25,26);1H. The number of rotatable bonds is 8. The second kappa shape index (κ2) is 11.5. The molecule has 7 nitrogen and oxygen atoms in total. The van der Waals surface area contributed by atoms with Crippen LogP contribution in [0.25, 0.3) is 11.6 Å². The summed E-state index contributed by atoms with van der Waals surface area (Å²) in [6.07, 6.45) is 3.66. The van der Waals surface area contributed by atoms with E-state index < -0.39 is 0 Å². The van der Waals surface area contributed by atoms with Gasteiger partial charge in [0.05, 0.1) is 6.26 Å². The number of H-pyrrole nitrogens is 1. The van der Waals surface area contributed by atoms with Gasteiger partial charge in [-0.3, -0.25) is 5.10 Å². The summed E-state index contributed by atoms with van der Waals surface area (Å²) in [6, 6.07) is 14.5. The van der Waals surface area contributed by atoms with Gasteiger partial charge in [-0.25, -0.2) is 9.98 Å². The lowest BCUT2D eigenvalue weighted by molar-refractivity contribution is 0.577. The summed E-state index contributed by atoms with van der Waals surface area (Å²) in [6.45, 7) is 5.42. The molecule has 2 aromatic heterocycles. The zero-order valence-corrected chi connectivity index (χ0v) is 18.5. The van der Waals surface area contributed by atoms with Gasteiger partial charge in [0, 0.05) is 12.6 Å². The Balaban J connectivity index is 0.00000280. The van der Waals surface area contributed by atoms with E-state index in [0.29, 0.717) is 30.0 Å². The minimum atomic E-state index is 0. The van der Waals surface area contributed by atoms with Crippen molar-refractivity contribution >= 4 is 29.9 Å². The second-order valence-electron chi connectivity index (χ2n) is 6.35. The minimum absolute atomic E-state index is 0. The summed E-state index contributed by atoms with van der Waals surface area (Å²) in [5.74, 6) is 2.64. The van der Waals surface area contributed by atoms with Crippen LogP contribution in [0.4, 0.5) is 0 Å². The van der Waals surface area contributed by atoms with Crippen LogP contribution in [0.2, 0.25) is 0 Å². The number of aryl methyl sites for hydroxylation is 1. The normalized spacial score (nSPS) is 12.3. The minimum Gasteiger partial charge on any atom is -0.461 e. The Morgan fingerprint density at radius 2 is 2.04 bits per heavy atom. The molecule has 0 saturated carbocycles. The van der Waals surface area contributed by atoms with E-state index in [9.17, 15) is 0 Å². The van der Waals surface area contributed by atoms with E-state index >= 15 is 0 Å². The third-order valence-corrected chi connectivity index (χ3v) is 4.10. The van der Waals surface area contributed by atoms with Crippen LogP contribution in [-0.4, -0.2) is 33.7 Å². The van der Waals surface area contributed by atoms with Crippen molar-refractivity contribution in [3.05, 3.63) is 60.1 Å². The molecule has 28 heavy (non-hydrogen) atoms. The maximum Gasteiger partial charge on any atom is 0.216 e. The molecule has 3 aromatic rings. The number of nitrogens with one attached hydrogen (secondary N) is 3. The molecule has 0 aliphatic heterocycles. The number of halogens is 1. The Hall–Kier alpha value is -2.36. The number of hydrogen-bond acceptors (Lipinski definition) is 4. The van der Waals surface area contributed by atoms with Crippen LogP contribution in [0.1, 0.15) is 31.7 Å². The molecular weight excluding hydrogens is 467 g/mol. The molecule has 0 saturated heterocycles. The molecule has 3 rings (SSSR count). The van der Waals surface area contributed by atoms with Gasteiger partial charge >= 0.3 is 0 Å². The predicted octanol–water partition coefficient (Wildman–Crippen LogP) is 3.76. The SMILES string of the molecule is CCNC(=NCc1nc(-c2ccco2)n[nH]1)NC(C)CCc1ccccc1.I. The number of aliphatic imine (C=N–C) groups is 1. The maximum absolute atomic E-state index is 5.31. The highest BCUT2D eigenvalue weighted by molar-refractivity contribution is 14.0. The van der Waals surface area contributed by atoms with Crippen LogP contribution in [-0.2, 0) is 13.0 Å². The van der Waals surface area contributed by atoms with Crippen molar-refractivity contribution in [2.45, 2.75) is 39.3 Å². The number of nitrogens with zero attached hydrogens (tertiary/aromatic N) is 3. The number of furan rings is 1. The molecule has 3 N–H and O–H groups in total. The largest absolute Gasteiger partial charge is 0.461 e. The zero-order valence-electron chi connectivity index (χ0n) is 16.2. The van der Waals surface area contributed by atoms with Crippen molar-refractivity contribution in [3.63, 3.8) is 0 Å².